The fourth-order valence-corrected chi connectivity index (χ4v) is 7.45. The monoisotopic (exact) mass is 554 g/mol. The number of hydrogen-bond donors (Lipinski definition) is 1. The number of aromatic nitrogens is 1. The van der Waals surface area contributed by atoms with E-state index in [4.69, 9.17) is 9.47 Å². The number of thiazole rings is 1. The number of nitrogens with one attached hydrogen (secondary N) is 1. The first-order valence-corrected chi connectivity index (χ1v) is 15.1. The van der Waals surface area contributed by atoms with E-state index >= 15 is 0 Å². The Balaban J connectivity index is 1.32. The zero-order chi connectivity index (χ0) is 26.4. The van der Waals surface area contributed by atoms with Crippen molar-refractivity contribution < 1.29 is 31.5 Å². The fourth-order valence-electron chi connectivity index (χ4n) is 5.00. The summed E-state index contributed by atoms with van der Waals surface area (Å²) < 4.78 is 64.4. The van der Waals surface area contributed by atoms with E-state index < -0.39 is 33.9 Å². The van der Waals surface area contributed by atoms with E-state index in [1.807, 2.05) is 19.2 Å². The average molecular weight is 555 g/mol. The Hall–Kier alpha value is -1.95. The third kappa shape index (κ3) is 6.05. The van der Waals surface area contributed by atoms with Gasteiger partial charge in [-0.15, -0.1) is 11.3 Å². The Morgan fingerprint density at radius 3 is 2.35 bits per heavy atom. The van der Waals surface area contributed by atoms with Crippen LogP contribution in [0.2, 0.25) is 0 Å². The minimum absolute atomic E-state index is 0.0480. The second kappa shape index (κ2) is 10.3. The average Bonchev–Trinajstić information content (AvgIpc) is 3.55. The number of carbonyl (C=O) groups excluding carboxylic acids is 1. The molecule has 1 N–H and O–H groups in total. The quantitative estimate of drug-likeness (QED) is 0.485. The summed E-state index contributed by atoms with van der Waals surface area (Å²) in [5.74, 6) is -2.01. The number of halogens is 2. The molecule has 2 aromatic rings. The van der Waals surface area contributed by atoms with Gasteiger partial charge < -0.3 is 14.8 Å². The van der Waals surface area contributed by atoms with E-state index in [0.717, 1.165) is 5.69 Å². The predicted octanol–water partition coefficient (Wildman–Crippen LogP) is 5.14. The van der Waals surface area contributed by atoms with Crippen molar-refractivity contribution in [1.29, 1.82) is 0 Å². The predicted molar refractivity (Wildman–Crippen MR) is 136 cm³/mol. The molecule has 202 valence electrons. The zero-order valence-electron chi connectivity index (χ0n) is 20.9. The molecule has 37 heavy (non-hydrogen) atoms. The Morgan fingerprint density at radius 1 is 1.14 bits per heavy atom. The van der Waals surface area contributed by atoms with Crippen LogP contribution in [0.4, 0.5) is 13.9 Å². The summed E-state index contributed by atoms with van der Waals surface area (Å²) in [6, 6.07) is 6.33. The normalized spacial score (nSPS) is 27.2. The van der Waals surface area contributed by atoms with Crippen LogP contribution < -0.4 is 5.32 Å². The van der Waals surface area contributed by atoms with Gasteiger partial charge in [0.2, 0.25) is 5.91 Å². The molecule has 1 saturated heterocycles. The SMILES string of the molecule is CC1(C)OCC(c2csc(NC(=O)[C@H](C[C@H]3C[C@@H](F)[C@@H](F)C3)c3ccc(S(=O)(=O)C4CC4)cc3)n2)CO1. The summed E-state index contributed by atoms with van der Waals surface area (Å²) in [5.41, 5.74) is 1.37. The van der Waals surface area contributed by atoms with Gasteiger partial charge in [0.1, 0.15) is 12.3 Å². The van der Waals surface area contributed by atoms with Gasteiger partial charge in [0.25, 0.3) is 0 Å². The van der Waals surface area contributed by atoms with Crippen molar-refractivity contribution >= 4 is 32.2 Å². The molecule has 0 bridgehead atoms. The lowest BCUT2D eigenvalue weighted by atomic mass is 9.87. The lowest BCUT2D eigenvalue weighted by Crippen LogP contribution is -2.38. The molecule has 3 aliphatic rings. The molecule has 2 aliphatic carbocycles. The maximum atomic E-state index is 13.9. The zero-order valence-corrected chi connectivity index (χ0v) is 22.5. The van der Waals surface area contributed by atoms with Gasteiger partial charge in [-0.05, 0) is 69.6 Å². The molecule has 3 fully saturated rings. The Bertz CT molecular complexity index is 1210. The number of amides is 1. The molecule has 0 spiro atoms. The van der Waals surface area contributed by atoms with Crippen LogP contribution in [0.5, 0.6) is 0 Å². The molecule has 2 heterocycles. The van der Waals surface area contributed by atoms with Gasteiger partial charge in [-0.2, -0.15) is 0 Å². The first-order chi connectivity index (χ1) is 17.5. The Labute approximate surface area is 219 Å². The lowest BCUT2D eigenvalue weighted by Gasteiger charge is -2.34. The molecule has 0 unspecified atom stereocenters. The minimum atomic E-state index is -3.36. The van der Waals surface area contributed by atoms with E-state index in [-0.39, 0.29) is 47.2 Å². The van der Waals surface area contributed by atoms with Crippen molar-refractivity contribution in [3.63, 3.8) is 0 Å². The third-order valence-electron chi connectivity index (χ3n) is 7.40. The van der Waals surface area contributed by atoms with Gasteiger partial charge in [-0.1, -0.05) is 12.1 Å². The van der Waals surface area contributed by atoms with Crippen LogP contribution in [0, 0.1) is 5.92 Å². The molecule has 5 rings (SSSR count). The number of rotatable bonds is 8. The molecular formula is C26H32F2N2O5S2. The molecular weight excluding hydrogens is 522 g/mol. The van der Waals surface area contributed by atoms with E-state index in [1.54, 1.807) is 12.1 Å². The molecule has 1 amide bonds. The highest BCUT2D eigenvalue weighted by molar-refractivity contribution is 7.92. The van der Waals surface area contributed by atoms with Gasteiger partial charge in [0, 0.05) is 11.3 Å². The van der Waals surface area contributed by atoms with Gasteiger partial charge in [0.15, 0.2) is 20.8 Å². The highest BCUT2D eigenvalue weighted by Gasteiger charge is 2.39. The van der Waals surface area contributed by atoms with Crippen LogP contribution in [-0.4, -0.2) is 55.9 Å². The molecule has 1 aromatic heterocycles. The fraction of sp³-hybridized carbons (Fsp3) is 0.615. The summed E-state index contributed by atoms with van der Waals surface area (Å²) in [6.07, 6.45) is -1.32. The smallest absolute Gasteiger partial charge is 0.233 e. The van der Waals surface area contributed by atoms with Crippen molar-refractivity contribution in [3.05, 3.63) is 40.9 Å². The topological polar surface area (TPSA) is 94.6 Å². The molecule has 1 aromatic carbocycles. The van der Waals surface area contributed by atoms with Crippen LogP contribution in [0.25, 0.3) is 0 Å². The minimum Gasteiger partial charge on any atom is -0.350 e. The largest absolute Gasteiger partial charge is 0.350 e. The summed E-state index contributed by atoms with van der Waals surface area (Å²) in [5, 5.41) is 4.81. The van der Waals surface area contributed by atoms with Crippen molar-refractivity contribution in [2.75, 3.05) is 18.5 Å². The van der Waals surface area contributed by atoms with E-state index in [1.165, 1.54) is 23.5 Å². The number of anilines is 1. The maximum Gasteiger partial charge on any atom is 0.233 e. The van der Waals surface area contributed by atoms with Gasteiger partial charge >= 0.3 is 0 Å². The van der Waals surface area contributed by atoms with E-state index in [0.29, 0.717) is 36.8 Å². The molecule has 11 heteroatoms. The molecule has 1 aliphatic heterocycles. The number of carbonyl (C=O) groups is 1. The van der Waals surface area contributed by atoms with E-state index in [2.05, 4.69) is 10.3 Å². The molecule has 2 saturated carbocycles. The second-order valence-electron chi connectivity index (χ2n) is 10.8. The molecule has 7 nitrogen and oxygen atoms in total. The van der Waals surface area contributed by atoms with Gasteiger partial charge in [-0.25, -0.2) is 22.2 Å². The van der Waals surface area contributed by atoms with Crippen molar-refractivity contribution in [2.24, 2.45) is 5.92 Å². The van der Waals surface area contributed by atoms with Crippen LogP contribution in [0.1, 0.15) is 69.0 Å². The van der Waals surface area contributed by atoms with Crippen LogP contribution in [0.15, 0.2) is 34.5 Å². The number of nitrogens with zero attached hydrogens (tertiary/aromatic N) is 1. The second-order valence-corrected chi connectivity index (χ2v) is 13.8. The number of benzene rings is 1. The standard InChI is InChI=1S/C26H32F2N2O5S2/c1-26(2)34-12-17(13-35-26)23-14-36-25(29-23)30-24(31)20(9-15-10-21(27)22(28)11-15)16-3-5-18(6-4-16)37(32,33)19-7-8-19/h3-6,14-15,17,19-22H,7-13H2,1-2H3,(H,29,30,31)/t15-,20-,21+,22-/m1/s1. The summed E-state index contributed by atoms with van der Waals surface area (Å²) in [6.45, 7) is 4.62. The lowest BCUT2D eigenvalue weighted by molar-refractivity contribution is -0.251. The third-order valence-corrected chi connectivity index (χ3v) is 10.5. The number of hydrogen-bond acceptors (Lipinski definition) is 7. The Morgan fingerprint density at radius 2 is 1.76 bits per heavy atom. The highest BCUT2D eigenvalue weighted by Crippen LogP contribution is 2.39. The first-order valence-electron chi connectivity index (χ1n) is 12.7. The number of ether oxygens (including phenoxy) is 2. The maximum absolute atomic E-state index is 13.9. The number of alkyl halides is 2. The number of sulfone groups is 1. The Kier molecular flexibility index (Phi) is 7.43. The van der Waals surface area contributed by atoms with Crippen molar-refractivity contribution in [2.45, 2.75) is 86.1 Å². The van der Waals surface area contributed by atoms with Gasteiger partial charge in [-0.3, -0.25) is 4.79 Å². The molecule has 4 atom stereocenters. The first kappa shape index (κ1) is 26.6. The van der Waals surface area contributed by atoms with Crippen molar-refractivity contribution in [3.8, 4) is 0 Å². The van der Waals surface area contributed by atoms with Gasteiger partial charge in [0.05, 0.1) is 35.0 Å². The molecule has 0 radical (unpaired) electrons. The highest BCUT2D eigenvalue weighted by atomic mass is 32.2. The van der Waals surface area contributed by atoms with E-state index in [9.17, 15) is 22.0 Å². The summed E-state index contributed by atoms with van der Waals surface area (Å²) >= 11 is 1.29. The summed E-state index contributed by atoms with van der Waals surface area (Å²) in [7, 11) is -3.36. The van der Waals surface area contributed by atoms with Crippen LogP contribution >= 0.6 is 11.3 Å². The van der Waals surface area contributed by atoms with Crippen LogP contribution in [-0.2, 0) is 24.1 Å². The summed E-state index contributed by atoms with van der Waals surface area (Å²) in [4.78, 5) is 18.2. The van der Waals surface area contributed by atoms with Crippen LogP contribution in [0.3, 0.4) is 0 Å². The van der Waals surface area contributed by atoms with Crippen molar-refractivity contribution in [1.82, 2.24) is 4.98 Å².